The monoisotopic (exact) mass is 268 g/mol. The van der Waals surface area contributed by atoms with Crippen molar-refractivity contribution in [3.05, 3.63) is 41.0 Å². The number of benzene rings is 2. The highest BCUT2D eigenvalue weighted by atomic mass is 16.3. The van der Waals surface area contributed by atoms with E-state index in [0.717, 1.165) is 12.0 Å². The van der Waals surface area contributed by atoms with Gasteiger partial charge in [0.15, 0.2) is 0 Å². The molecule has 0 bridgehead atoms. The van der Waals surface area contributed by atoms with E-state index in [1.54, 1.807) is 0 Å². The summed E-state index contributed by atoms with van der Waals surface area (Å²) < 4.78 is 0. The van der Waals surface area contributed by atoms with Crippen LogP contribution in [0.3, 0.4) is 0 Å². The van der Waals surface area contributed by atoms with Crippen molar-refractivity contribution in [2.24, 2.45) is 0 Å². The van der Waals surface area contributed by atoms with Gasteiger partial charge in [0.05, 0.1) is 0 Å². The predicted octanol–water partition coefficient (Wildman–Crippen LogP) is 5.33. The lowest BCUT2D eigenvalue weighted by Crippen LogP contribution is -2.01. The first kappa shape index (κ1) is 13.5. The zero-order chi connectivity index (χ0) is 14.1. The van der Waals surface area contributed by atoms with Crippen molar-refractivity contribution >= 4 is 10.8 Å². The third-order valence-corrected chi connectivity index (χ3v) is 4.62. The summed E-state index contributed by atoms with van der Waals surface area (Å²) in [6.45, 7) is 4.27. The zero-order valence-electron chi connectivity index (χ0n) is 12.6. The van der Waals surface area contributed by atoms with Crippen LogP contribution in [0.15, 0.2) is 24.3 Å². The summed E-state index contributed by atoms with van der Waals surface area (Å²) in [4.78, 5) is 0. The number of phenolic OH excluding ortho intramolecular Hbond substituents is 1. The largest absolute Gasteiger partial charge is 0.508 e. The molecule has 1 heteroatoms. The fourth-order valence-corrected chi connectivity index (χ4v) is 3.45. The summed E-state index contributed by atoms with van der Waals surface area (Å²) >= 11 is 0. The van der Waals surface area contributed by atoms with Gasteiger partial charge in [-0.1, -0.05) is 38.8 Å². The fourth-order valence-electron chi connectivity index (χ4n) is 3.45. The Morgan fingerprint density at radius 1 is 0.950 bits per heavy atom. The van der Waals surface area contributed by atoms with E-state index < -0.39 is 0 Å². The Labute approximate surface area is 121 Å². The average Bonchev–Trinajstić information content (AvgIpc) is 2.38. The first-order valence-corrected chi connectivity index (χ1v) is 7.94. The standard InChI is InChI=1S/C19H24O/c1-13(2)17-11-15-10-9-14-7-5-3-4-6-8-16(14)18(15)12-19(17)20/h9-13,20H,3-8H2,1-2H3. The SMILES string of the molecule is CC(C)c1cc2ccc3c(c2cc1O)CCCCCC3. The van der Waals surface area contributed by atoms with Crippen LogP contribution in [0.2, 0.25) is 0 Å². The van der Waals surface area contributed by atoms with Crippen molar-refractivity contribution in [1.29, 1.82) is 0 Å². The van der Waals surface area contributed by atoms with Gasteiger partial charge in [0.25, 0.3) is 0 Å². The van der Waals surface area contributed by atoms with E-state index in [0.29, 0.717) is 11.7 Å². The molecule has 0 heterocycles. The second-order valence-electron chi connectivity index (χ2n) is 6.40. The number of hydrogen-bond acceptors (Lipinski definition) is 1. The average molecular weight is 268 g/mol. The molecule has 0 amide bonds. The van der Waals surface area contributed by atoms with Crippen LogP contribution in [-0.4, -0.2) is 5.11 Å². The molecule has 0 radical (unpaired) electrons. The summed E-state index contributed by atoms with van der Waals surface area (Å²) in [5, 5.41) is 12.9. The van der Waals surface area contributed by atoms with Crippen molar-refractivity contribution in [3.63, 3.8) is 0 Å². The fraction of sp³-hybridized carbons (Fsp3) is 0.474. The van der Waals surface area contributed by atoms with E-state index in [4.69, 9.17) is 0 Å². The third-order valence-electron chi connectivity index (χ3n) is 4.62. The van der Waals surface area contributed by atoms with Gasteiger partial charge in [-0.25, -0.2) is 0 Å². The summed E-state index contributed by atoms with van der Waals surface area (Å²) in [6, 6.07) is 8.73. The minimum absolute atomic E-state index is 0.362. The van der Waals surface area contributed by atoms with Crippen LogP contribution < -0.4 is 0 Å². The number of hydrogen-bond donors (Lipinski definition) is 1. The topological polar surface area (TPSA) is 20.2 Å². The van der Waals surface area contributed by atoms with Crippen LogP contribution in [-0.2, 0) is 12.8 Å². The lowest BCUT2D eigenvalue weighted by atomic mass is 9.88. The molecule has 3 rings (SSSR count). The minimum atomic E-state index is 0.362. The zero-order valence-corrected chi connectivity index (χ0v) is 12.6. The molecule has 0 fully saturated rings. The van der Waals surface area contributed by atoms with Crippen molar-refractivity contribution in [1.82, 2.24) is 0 Å². The summed E-state index contributed by atoms with van der Waals surface area (Å²) in [6.07, 6.45) is 7.62. The van der Waals surface area contributed by atoms with Gasteiger partial charge in [-0.2, -0.15) is 0 Å². The van der Waals surface area contributed by atoms with E-state index in [-0.39, 0.29) is 0 Å². The maximum absolute atomic E-state index is 10.3. The van der Waals surface area contributed by atoms with Gasteiger partial charge >= 0.3 is 0 Å². The van der Waals surface area contributed by atoms with Crippen LogP contribution in [0.1, 0.15) is 62.1 Å². The van der Waals surface area contributed by atoms with Gasteiger partial charge in [0.2, 0.25) is 0 Å². The van der Waals surface area contributed by atoms with Crippen molar-refractivity contribution in [3.8, 4) is 5.75 Å². The molecule has 0 atom stereocenters. The first-order chi connectivity index (χ1) is 9.66. The highest BCUT2D eigenvalue weighted by Gasteiger charge is 2.14. The van der Waals surface area contributed by atoms with Crippen molar-refractivity contribution in [2.75, 3.05) is 0 Å². The lowest BCUT2D eigenvalue weighted by molar-refractivity contribution is 0.466. The molecule has 2 aromatic carbocycles. The Bertz CT molecular complexity index is 625. The lowest BCUT2D eigenvalue weighted by Gasteiger charge is -2.18. The predicted molar refractivity (Wildman–Crippen MR) is 85.6 cm³/mol. The first-order valence-electron chi connectivity index (χ1n) is 7.94. The molecule has 1 aliphatic carbocycles. The Balaban J connectivity index is 2.18. The Morgan fingerprint density at radius 2 is 1.70 bits per heavy atom. The molecule has 106 valence electrons. The van der Waals surface area contributed by atoms with Crippen LogP contribution in [0.25, 0.3) is 10.8 Å². The second-order valence-corrected chi connectivity index (χ2v) is 6.40. The number of aromatic hydroxyl groups is 1. The normalized spacial score (nSPS) is 15.9. The third kappa shape index (κ3) is 2.42. The van der Waals surface area contributed by atoms with Gasteiger partial charge in [-0.15, -0.1) is 0 Å². The number of rotatable bonds is 1. The number of aryl methyl sites for hydroxylation is 2. The van der Waals surface area contributed by atoms with Gasteiger partial charge in [0.1, 0.15) is 5.75 Å². The minimum Gasteiger partial charge on any atom is -0.508 e. The van der Waals surface area contributed by atoms with E-state index in [1.807, 2.05) is 6.07 Å². The highest BCUT2D eigenvalue weighted by Crippen LogP contribution is 2.34. The molecule has 0 unspecified atom stereocenters. The van der Waals surface area contributed by atoms with Gasteiger partial charge < -0.3 is 5.11 Å². The Kier molecular flexibility index (Phi) is 3.69. The molecule has 0 aliphatic heterocycles. The van der Waals surface area contributed by atoms with Crippen molar-refractivity contribution < 1.29 is 5.11 Å². The molecule has 1 N–H and O–H groups in total. The van der Waals surface area contributed by atoms with Crippen LogP contribution in [0.5, 0.6) is 5.75 Å². The smallest absolute Gasteiger partial charge is 0.119 e. The van der Waals surface area contributed by atoms with E-state index >= 15 is 0 Å². The quantitative estimate of drug-likeness (QED) is 0.741. The van der Waals surface area contributed by atoms with Crippen LogP contribution >= 0.6 is 0 Å². The number of phenols is 1. The molecule has 1 aliphatic rings. The molecule has 0 saturated carbocycles. The molecular formula is C19H24O. The van der Waals surface area contributed by atoms with Gasteiger partial charge in [-0.3, -0.25) is 0 Å². The molecule has 0 spiro atoms. The highest BCUT2D eigenvalue weighted by molar-refractivity contribution is 5.89. The number of fused-ring (bicyclic) bond motifs is 3. The van der Waals surface area contributed by atoms with Gasteiger partial charge in [0, 0.05) is 0 Å². The summed E-state index contributed by atoms with van der Waals surface area (Å²) in [7, 11) is 0. The Hall–Kier alpha value is -1.50. The van der Waals surface area contributed by atoms with E-state index in [9.17, 15) is 5.11 Å². The molecule has 2 aromatic rings. The molecule has 0 saturated heterocycles. The summed E-state index contributed by atoms with van der Waals surface area (Å²) in [5.74, 6) is 0.823. The van der Waals surface area contributed by atoms with Gasteiger partial charge in [-0.05, 0) is 71.2 Å². The van der Waals surface area contributed by atoms with Crippen LogP contribution in [0.4, 0.5) is 0 Å². The molecular weight excluding hydrogens is 244 g/mol. The summed E-state index contributed by atoms with van der Waals surface area (Å²) in [5.41, 5.74) is 4.03. The molecule has 20 heavy (non-hydrogen) atoms. The molecule has 0 aromatic heterocycles. The van der Waals surface area contributed by atoms with Crippen LogP contribution in [0, 0.1) is 0 Å². The second kappa shape index (κ2) is 5.47. The van der Waals surface area contributed by atoms with E-state index in [2.05, 4.69) is 32.0 Å². The molecule has 1 nitrogen and oxygen atoms in total. The maximum Gasteiger partial charge on any atom is 0.119 e. The van der Waals surface area contributed by atoms with Crippen molar-refractivity contribution in [2.45, 2.75) is 58.3 Å². The Morgan fingerprint density at radius 3 is 2.45 bits per heavy atom. The van der Waals surface area contributed by atoms with E-state index in [1.165, 1.54) is 54.0 Å². The maximum atomic E-state index is 10.3.